The molecule has 0 aromatic heterocycles. The molecule has 2 nitrogen and oxygen atoms in total. The second kappa shape index (κ2) is 2.96. The van der Waals surface area contributed by atoms with Gasteiger partial charge in [0.25, 0.3) is 0 Å². The van der Waals surface area contributed by atoms with Crippen LogP contribution in [0.4, 0.5) is 0 Å². The molecule has 1 atom stereocenters. The van der Waals surface area contributed by atoms with Crippen molar-refractivity contribution < 1.29 is 9.47 Å². The number of hydrogen-bond donors (Lipinski definition) is 0. The molecule has 0 bridgehead atoms. The zero-order valence-corrected chi connectivity index (χ0v) is 7.47. The van der Waals surface area contributed by atoms with Crippen LogP contribution in [0.15, 0.2) is 18.2 Å². The smallest absolute Gasteiger partial charge is 0.126 e. The molecule has 3 heteroatoms. The van der Waals surface area contributed by atoms with Gasteiger partial charge in [0.15, 0.2) is 0 Å². The molecule has 1 saturated heterocycles. The fourth-order valence-electron chi connectivity index (χ4n) is 1.18. The molecule has 1 heterocycles. The van der Waals surface area contributed by atoms with Gasteiger partial charge in [0.1, 0.15) is 11.9 Å². The Bertz CT molecular complexity index is 295. The van der Waals surface area contributed by atoms with Crippen LogP contribution in [-0.4, -0.2) is 13.7 Å². The largest absolute Gasteiger partial charge is 0.496 e. The van der Waals surface area contributed by atoms with Crippen molar-refractivity contribution in [2.75, 3.05) is 13.7 Å². The highest BCUT2D eigenvalue weighted by atomic mass is 35.5. The van der Waals surface area contributed by atoms with Gasteiger partial charge in [0, 0.05) is 10.6 Å². The van der Waals surface area contributed by atoms with Crippen LogP contribution in [0.5, 0.6) is 5.75 Å². The lowest BCUT2D eigenvalue weighted by Gasteiger charge is -2.05. The Morgan fingerprint density at radius 1 is 1.58 bits per heavy atom. The molecule has 1 fully saturated rings. The zero-order valence-electron chi connectivity index (χ0n) is 6.71. The summed E-state index contributed by atoms with van der Waals surface area (Å²) < 4.78 is 10.3. The van der Waals surface area contributed by atoms with Gasteiger partial charge in [0.05, 0.1) is 13.7 Å². The third-order valence-corrected chi connectivity index (χ3v) is 2.11. The van der Waals surface area contributed by atoms with Crippen molar-refractivity contribution in [2.24, 2.45) is 0 Å². The van der Waals surface area contributed by atoms with Crippen LogP contribution in [0.3, 0.4) is 0 Å². The van der Waals surface area contributed by atoms with Crippen LogP contribution in [0.25, 0.3) is 0 Å². The third-order valence-electron chi connectivity index (χ3n) is 1.88. The van der Waals surface area contributed by atoms with Crippen molar-refractivity contribution in [3.63, 3.8) is 0 Å². The fourth-order valence-corrected chi connectivity index (χ4v) is 1.34. The monoisotopic (exact) mass is 184 g/mol. The quantitative estimate of drug-likeness (QED) is 0.659. The van der Waals surface area contributed by atoms with Crippen LogP contribution in [-0.2, 0) is 4.74 Å². The summed E-state index contributed by atoms with van der Waals surface area (Å²) in [6, 6.07) is 5.60. The Morgan fingerprint density at radius 3 is 2.92 bits per heavy atom. The Labute approximate surface area is 76.1 Å². The number of rotatable bonds is 2. The van der Waals surface area contributed by atoms with E-state index in [1.807, 2.05) is 12.1 Å². The molecule has 0 N–H and O–H groups in total. The number of methoxy groups -OCH3 is 1. The maximum Gasteiger partial charge on any atom is 0.126 e. The first-order valence-electron chi connectivity index (χ1n) is 3.76. The molecular weight excluding hydrogens is 176 g/mol. The number of benzene rings is 1. The van der Waals surface area contributed by atoms with Gasteiger partial charge in [-0.2, -0.15) is 0 Å². The van der Waals surface area contributed by atoms with E-state index in [0.29, 0.717) is 5.02 Å². The van der Waals surface area contributed by atoms with Gasteiger partial charge in [-0.1, -0.05) is 17.7 Å². The van der Waals surface area contributed by atoms with E-state index in [4.69, 9.17) is 21.1 Å². The van der Waals surface area contributed by atoms with Crippen molar-refractivity contribution in [2.45, 2.75) is 6.10 Å². The summed E-state index contributed by atoms with van der Waals surface area (Å²) in [5.41, 5.74) is 1.09. The van der Waals surface area contributed by atoms with E-state index in [9.17, 15) is 0 Å². The summed E-state index contributed by atoms with van der Waals surface area (Å²) in [5, 5.41) is 0.691. The van der Waals surface area contributed by atoms with Gasteiger partial charge in [-0.15, -0.1) is 0 Å². The predicted molar refractivity (Wildman–Crippen MR) is 46.7 cm³/mol. The summed E-state index contributed by atoms with van der Waals surface area (Å²) in [7, 11) is 1.64. The van der Waals surface area contributed by atoms with E-state index in [-0.39, 0.29) is 6.10 Å². The summed E-state index contributed by atoms with van der Waals surface area (Å²) in [6.45, 7) is 0.790. The van der Waals surface area contributed by atoms with Crippen molar-refractivity contribution in [1.82, 2.24) is 0 Å². The maximum atomic E-state index is 5.80. The number of halogens is 1. The summed E-state index contributed by atoms with van der Waals surface area (Å²) in [6.07, 6.45) is 0.220. The minimum absolute atomic E-state index is 0.220. The topological polar surface area (TPSA) is 21.8 Å². The summed E-state index contributed by atoms with van der Waals surface area (Å²) in [4.78, 5) is 0. The van der Waals surface area contributed by atoms with E-state index in [2.05, 4.69) is 0 Å². The van der Waals surface area contributed by atoms with Crippen LogP contribution >= 0.6 is 11.6 Å². The molecule has 64 valence electrons. The van der Waals surface area contributed by atoms with Crippen LogP contribution in [0.2, 0.25) is 5.02 Å². The maximum absolute atomic E-state index is 5.80. The van der Waals surface area contributed by atoms with E-state index in [1.54, 1.807) is 13.2 Å². The highest BCUT2D eigenvalue weighted by molar-refractivity contribution is 6.30. The van der Waals surface area contributed by atoms with Crippen molar-refractivity contribution in [3.05, 3.63) is 28.8 Å². The second-order valence-corrected chi connectivity index (χ2v) is 3.14. The molecule has 1 aliphatic rings. The molecule has 0 radical (unpaired) electrons. The Morgan fingerprint density at radius 2 is 2.33 bits per heavy atom. The van der Waals surface area contributed by atoms with E-state index < -0.39 is 0 Å². The SMILES string of the molecule is COc1cc(Cl)ccc1[C@@H]1CO1. The van der Waals surface area contributed by atoms with Gasteiger partial charge in [-0.3, -0.25) is 0 Å². The predicted octanol–water partition coefficient (Wildman–Crippen LogP) is 2.42. The molecule has 0 amide bonds. The average Bonchev–Trinajstić information content (AvgIpc) is 2.87. The average molecular weight is 185 g/mol. The van der Waals surface area contributed by atoms with Gasteiger partial charge >= 0.3 is 0 Å². The first-order chi connectivity index (χ1) is 5.81. The normalized spacial score (nSPS) is 20.7. The lowest BCUT2D eigenvalue weighted by Crippen LogP contribution is -1.89. The second-order valence-electron chi connectivity index (χ2n) is 2.71. The van der Waals surface area contributed by atoms with E-state index >= 15 is 0 Å². The standard InChI is InChI=1S/C9H9ClO2/c1-11-8-4-6(10)2-3-7(8)9-5-12-9/h2-4,9H,5H2,1H3/t9-/m0/s1. The summed E-state index contributed by atoms with van der Waals surface area (Å²) >= 11 is 5.80. The molecule has 0 aliphatic carbocycles. The molecule has 1 aromatic rings. The van der Waals surface area contributed by atoms with Gasteiger partial charge < -0.3 is 9.47 Å². The molecular formula is C9H9ClO2. The highest BCUT2D eigenvalue weighted by Crippen LogP contribution is 2.37. The Kier molecular flexibility index (Phi) is 1.95. The molecule has 12 heavy (non-hydrogen) atoms. The lowest BCUT2D eigenvalue weighted by molar-refractivity contribution is 0.383. The number of epoxide rings is 1. The van der Waals surface area contributed by atoms with Crippen molar-refractivity contribution in [1.29, 1.82) is 0 Å². The van der Waals surface area contributed by atoms with Crippen LogP contribution in [0.1, 0.15) is 11.7 Å². The Hall–Kier alpha value is -0.730. The van der Waals surface area contributed by atoms with E-state index in [0.717, 1.165) is 17.9 Å². The first kappa shape index (κ1) is 7.90. The molecule has 0 spiro atoms. The molecule has 0 saturated carbocycles. The highest BCUT2D eigenvalue weighted by Gasteiger charge is 2.27. The lowest BCUT2D eigenvalue weighted by atomic mass is 10.1. The van der Waals surface area contributed by atoms with Crippen LogP contribution in [0, 0.1) is 0 Å². The minimum Gasteiger partial charge on any atom is -0.496 e. The van der Waals surface area contributed by atoms with Gasteiger partial charge in [-0.25, -0.2) is 0 Å². The number of ether oxygens (including phenoxy) is 2. The Balaban J connectivity index is 2.38. The first-order valence-corrected chi connectivity index (χ1v) is 4.14. The number of hydrogen-bond acceptors (Lipinski definition) is 2. The van der Waals surface area contributed by atoms with E-state index in [1.165, 1.54) is 0 Å². The molecule has 1 aliphatic heterocycles. The molecule has 2 rings (SSSR count). The van der Waals surface area contributed by atoms with Crippen molar-refractivity contribution >= 4 is 11.6 Å². The van der Waals surface area contributed by atoms with Crippen LogP contribution < -0.4 is 4.74 Å². The minimum atomic E-state index is 0.220. The third kappa shape index (κ3) is 1.40. The van der Waals surface area contributed by atoms with Crippen molar-refractivity contribution in [3.8, 4) is 5.75 Å². The molecule has 1 aromatic carbocycles. The van der Waals surface area contributed by atoms with Gasteiger partial charge in [0.2, 0.25) is 0 Å². The zero-order chi connectivity index (χ0) is 8.55. The fraction of sp³-hybridized carbons (Fsp3) is 0.333. The van der Waals surface area contributed by atoms with Gasteiger partial charge in [-0.05, 0) is 12.1 Å². The summed E-state index contributed by atoms with van der Waals surface area (Å²) in [5.74, 6) is 0.810. The molecule has 0 unspecified atom stereocenters.